The summed E-state index contributed by atoms with van der Waals surface area (Å²) in [6.07, 6.45) is 2.87. The molecule has 1 rings (SSSR count). The van der Waals surface area contributed by atoms with Crippen LogP contribution in [0.4, 0.5) is 0 Å². The normalized spacial score (nSPS) is 9.83. The van der Waals surface area contributed by atoms with Gasteiger partial charge in [0, 0.05) is 12.4 Å². The number of aryl methyl sites for hydroxylation is 1. The van der Waals surface area contributed by atoms with Crippen molar-refractivity contribution in [1.29, 1.82) is 0 Å². The van der Waals surface area contributed by atoms with E-state index in [1.807, 2.05) is 0 Å². The molecule has 96 valence electrons. The number of carboxylic acids is 1. The summed E-state index contributed by atoms with van der Waals surface area (Å²) in [5.74, 6) is -2.58. The lowest BCUT2D eigenvalue weighted by atomic mass is 10.2. The Labute approximate surface area is 103 Å². The van der Waals surface area contributed by atoms with Crippen LogP contribution in [0.1, 0.15) is 15.9 Å². The van der Waals surface area contributed by atoms with Crippen LogP contribution in [0, 0.1) is 6.92 Å². The molecule has 0 saturated heterocycles. The zero-order valence-electron chi connectivity index (χ0n) is 9.79. The van der Waals surface area contributed by atoms with Crippen molar-refractivity contribution in [3.05, 3.63) is 29.6 Å². The van der Waals surface area contributed by atoms with Crippen molar-refractivity contribution >= 4 is 17.8 Å². The van der Waals surface area contributed by atoms with Crippen molar-refractivity contribution < 1.29 is 19.5 Å². The first-order valence-corrected chi connectivity index (χ1v) is 5.11. The average molecular weight is 251 g/mol. The highest BCUT2D eigenvalue weighted by molar-refractivity contribution is 5.97. The lowest BCUT2D eigenvalue weighted by Gasteiger charge is -2.18. The molecule has 0 atom stereocenters. The van der Waals surface area contributed by atoms with Gasteiger partial charge in [0.1, 0.15) is 13.1 Å². The molecule has 0 aliphatic rings. The minimum absolute atomic E-state index is 0.220. The number of carbonyl (C=O) groups excluding carboxylic acids is 2. The molecule has 0 saturated carbocycles. The van der Waals surface area contributed by atoms with Crippen molar-refractivity contribution in [3.63, 3.8) is 0 Å². The van der Waals surface area contributed by atoms with Crippen LogP contribution in [-0.2, 0) is 9.59 Å². The van der Waals surface area contributed by atoms with Gasteiger partial charge in [-0.15, -0.1) is 0 Å². The fraction of sp³-hybridized carbons (Fsp3) is 0.273. The zero-order valence-corrected chi connectivity index (χ0v) is 9.79. The Morgan fingerprint density at radius 2 is 2.00 bits per heavy atom. The van der Waals surface area contributed by atoms with Crippen LogP contribution < -0.4 is 5.73 Å². The van der Waals surface area contributed by atoms with Gasteiger partial charge in [0.15, 0.2) is 0 Å². The van der Waals surface area contributed by atoms with Crippen LogP contribution in [0.15, 0.2) is 18.5 Å². The van der Waals surface area contributed by atoms with Crippen molar-refractivity contribution in [2.24, 2.45) is 5.73 Å². The summed E-state index contributed by atoms with van der Waals surface area (Å²) >= 11 is 0. The van der Waals surface area contributed by atoms with Crippen LogP contribution in [0.3, 0.4) is 0 Å². The number of aromatic nitrogens is 1. The van der Waals surface area contributed by atoms with Gasteiger partial charge in [-0.2, -0.15) is 0 Å². The maximum absolute atomic E-state index is 12.0. The molecule has 0 bridgehead atoms. The molecule has 1 aromatic heterocycles. The van der Waals surface area contributed by atoms with Crippen LogP contribution in [0.5, 0.6) is 0 Å². The number of hydrogen-bond acceptors (Lipinski definition) is 4. The highest BCUT2D eigenvalue weighted by atomic mass is 16.4. The molecule has 0 radical (unpaired) electrons. The standard InChI is InChI=1S/C11H13N3O4/c1-7-2-8(4-13-3-7)11(18)14(5-9(12)15)6-10(16)17/h2-4H,5-6H2,1H3,(H2,12,15)(H,16,17). The summed E-state index contributed by atoms with van der Waals surface area (Å²) < 4.78 is 0. The zero-order chi connectivity index (χ0) is 13.7. The van der Waals surface area contributed by atoms with E-state index in [-0.39, 0.29) is 5.56 Å². The van der Waals surface area contributed by atoms with Crippen LogP contribution >= 0.6 is 0 Å². The van der Waals surface area contributed by atoms with Crippen LogP contribution in [0.2, 0.25) is 0 Å². The second-order valence-corrected chi connectivity index (χ2v) is 3.77. The number of hydrogen-bond donors (Lipinski definition) is 2. The van der Waals surface area contributed by atoms with Crippen LogP contribution in [-0.4, -0.2) is 45.9 Å². The number of pyridine rings is 1. The molecule has 7 nitrogen and oxygen atoms in total. The summed E-state index contributed by atoms with van der Waals surface area (Å²) in [6, 6.07) is 1.56. The fourth-order valence-corrected chi connectivity index (χ4v) is 1.41. The molecule has 0 aromatic carbocycles. The quantitative estimate of drug-likeness (QED) is 0.725. The smallest absolute Gasteiger partial charge is 0.323 e. The molecule has 0 unspecified atom stereocenters. The van der Waals surface area contributed by atoms with E-state index >= 15 is 0 Å². The summed E-state index contributed by atoms with van der Waals surface area (Å²) in [6.45, 7) is 0.716. The maximum Gasteiger partial charge on any atom is 0.323 e. The Kier molecular flexibility index (Phi) is 4.36. The summed E-state index contributed by atoms with van der Waals surface area (Å²) in [5.41, 5.74) is 5.95. The molecule has 0 spiro atoms. The Hall–Kier alpha value is -2.44. The Balaban J connectivity index is 2.94. The molecule has 2 amide bonds. The minimum Gasteiger partial charge on any atom is -0.480 e. The van der Waals surface area contributed by atoms with Gasteiger partial charge in [-0.3, -0.25) is 19.4 Å². The Bertz CT molecular complexity index is 471. The van der Waals surface area contributed by atoms with E-state index in [4.69, 9.17) is 10.8 Å². The third-order valence-corrected chi connectivity index (χ3v) is 2.08. The Morgan fingerprint density at radius 3 is 2.50 bits per heavy atom. The van der Waals surface area contributed by atoms with Gasteiger partial charge in [-0.05, 0) is 18.6 Å². The molecule has 18 heavy (non-hydrogen) atoms. The average Bonchev–Trinajstić information content (AvgIpc) is 2.26. The molecular formula is C11H13N3O4. The molecule has 3 N–H and O–H groups in total. The third-order valence-electron chi connectivity index (χ3n) is 2.08. The maximum atomic E-state index is 12.0. The van der Waals surface area contributed by atoms with E-state index in [1.54, 1.807) is 19.2 Å². The molecule has 1 heterocycles. The second-order valence-electron chi connectivity index (χ2n) is 3.77. The molecule has 0 aliphatic heterocycles. The molecule has 1 aromatic rings. The summed E-state index contributed by atoms with van der Waals surface area (Å²) in [7, 11) is 0. The first-order valence-electron chi connectivity index (χ1n) is 5.11. The van der Waals surface area contributed by atoms with Gasteiger partial charge >= 0.3 is 5.97 Å². The van der Waals surface area contributed by atoms with Crippen molar-refractivity contribution in [3.8, 4) is 0 Å². The second kappa shape index (κ2) is 5.76. The number of nitrogens with zero attached hydrogens (tertiary/aromatic N) is 2. The van der Waals surface area contributed by atoms with Gasteiger partial charge in [0.2, 0.25) is 5.91 Å². The van der Waals surface area contributed by atoms with Gasteiger partial charge in [0.25, 0.3) is 5.91 Å². The predicted molar refractivity (Wildman–Crippen MR) is 61.7 cm³/mol. The van der Waals surface area contributed by atoms with Crippen molar-refractivity contribution in [1.82, 2.24) is 9.88 Å². The molecule has 0 fully saturated rings. The number of carboxylic acid groups (broad SMARTS) is 1. The minimum atomic E-state index is -1.22. The molecular weight excluding hydrogens is 238 g/mol. The molecule has 7 heteroatoms. The van der Waals surface area contributed by atoms with E-state index in [0.717, 1.165) is 10.5 Å². The van der Waals surface area contributed by atoms with E-state index in [2.05, 4.69) is 4.98 Å². The van der Waals surface area contributed by atoms with Gasteiger partial charge in [-0.1, -0.05) is 0 Å². The molecule has 0 aliphatic carbocycles. The number of primary amides is 1. The van der Waals surface area contributed by atoms with E-state index in [9.17, 15) is 14.4 Å². The monoisotopic (exact) mass is 251 g/mol. The van der Waals surface area contributed by atoms with E-state index < -0.39 is 30.9 Å². The Morgan fingerprint density at radius 1 is 1.33 bits per heavy atom. The SMILES string of the molecule is Cc1cncc(C(=O)N(CC(N)=O)CC(=O)O)c1. The lowest BCUT2D eigenvalue weighted by molar-refractivity contribution is -0.138. The lowest BCUT2D eigenvalue weighted by Crippen LogP contribution is -2.41. The van der Waals surface area contributed by atoms with Crippen molar-refractivity contribution in [2.45, 2.75) is 6.92 Å². The van der Waals surface area contributed by atoms with Gasteiger partial charge in [0.05, 0.1) is 5.56 Å². The van der Waals surface area contributed by atoms with Crippen LogP contribution in [0.25, 0.3) is 0 Å². The summed E-state index contributed by atoms with van der Waals surface area (Å²) in [4.78, 5) is 38.1. The fourth-order valence-electron chi connectivity index (χ4n) is 1.41. The van der Waals surface area contributed by atoms with Gasteiger partial charge in [-0.25, -0.2) is 0 Å². The van der Waals surface area contributed by atoms with E-state index in [0.29, 0.717) is 0 Å². The number of rotatable bonds is 5. The highest BCUT2D eigenvalue weighted by Gasteiger charge is 2.20. The first kappa shape index (κ1) is 13.6. The highest BCUT2D eigenvalue weighted by Crippen LogP contribution is 2.05. The predicted octanol–water partition coefficient (Wildman–Crippen LogP) is -0.598. The van der Waals surface area contributed by atoms with Crippen molar-refractivity contribution in [2.75, 3.05) is 13.1 Å². The largest absolute Gasteiger partial charge is 0.480 e. The summed E-state index contributed by atoms with van der Waals surface area (Å²) in [5, 5.41) is 8.69. The van der Waals surface area contributed by atoms with E-state index in [1.165, 1.54) is 6.20 Å². The topological polar surface area (TPSA) is 114 Å². The number of aliphatic carboxylic acids is 1. The third kappa shape index (κ3) is 3.85. The number of carbonyl (C=O) groups is 3. The van der Waals surface area contributed by atoms with Gasteiger partial charge < -0.3 is 15.7 Å². The number of amides is 2. The first-order chi connectivity index (χ1) is 8.40. The number of nitrogens with two attached hydrogens (primary N) is 1.